The fourth-order valence-corrected chi connectivity index (χ4v) is 7.43. The van der Waals surface area contributed by atoms with Crippen molar-refractivity contribution in [2.45, 2.75) is 17.2 Å². The van der Waals surface area contributed by atoms with E-state index in [0.29, 0.717) is 35.4 Å². The number of nitrogens with zero attached hydrogens (tertiary/aromatic N) is 6. The molecule has 22 nitrogen and oxygen atoms in total. The van der Waals surface area contributed by atoms with Gasteiger partial charge in [-0.2, -0.15) is 28.7 Å². The average molecular weight is 983 g/mol. The summed E-state index contributed by atoms with van der Waals surface area (Å²) in [5, 5.41) is 53.4. The molecule has 62 heavy (non-hydrogen) atoms. The second-order valence-electron chi connectivity index (χ2n) is 11.2. The molecule has 3 N–H and O–H groups in total. The number of phenols is 1. The average Bonchev–Trinajstić information content (AvgIpc) is 3.18. The van der Waals surface area contributed by atoms with Crippen LogP contribution in [-0.4, -0.2) is 79.1 Å². The summed E-state index contributed by atoms with van der Waals surface area (Å²) in [7, 11) is -7.50. The van der Waals surface area contributed by atoms with Crippen molar-refractivity contribution in [2.75, 3.05) is 47.2 Å². The summed E-state index contributed by atoms with van der Waals surface area (Å²) in [6.07, 6.45) is 0. The molecule has 0 saturated heterocycles. The maximum atomic E-state index is 13.1. The van der Waals surface area contributed by atoms with Crippen molar-refractivity contribution in [3.63, 3.8) is 0 Å². The normalized spacial score (nSPS) is 11.2. The summed E-state index contributed by atoms with van der Waals surface area (Å²) in [4.78, 5) is 27.2. The van der Waals surface area contributed by atoms with Crippen LogP contribution in [0.15, 0.2) is 92.8 Å². The molecule has 0 aliphatic heterocycles. The van der Waals surface area contributed by atoms with Gasteiger partial charge < -0.3 is 35.7 Å². The molecule has 1 aromatic heterocycles. The van der Waals surface area contributed by atoms with Crippen LogP contribution < -0.4 is 115 Å². The van der Waals surface area contributed by atoms with E-state index in [1.807, 2.05) is 0 Å². The Hall–Kier alpha value is -1.81. The molecule has 0 aliphatic carbocycles. The van der Waals surface area contributed by atoms with Crippen LogP contribution >= 0.6 is 35.7 Å². The van der Waals surface area contributed by atoms with Crippen LogP contribution in [0.4, 0.5) is 34.6 Å². The van der Waals surface area contributed by atoms with Gasteiger partial charge in [-0.3, -0.25) is 19.1 Å². The number of amides is 1. The van der Waals surface area contributed by atoms with Gasteiger partial charge in [0.1, 0.15) is 5.69 Å². The van der Waals surface area contributed by atoms with Crippen molar-refractivity contribution in [1.82, 2.24) is 15.0 Å². The standard InChI is InChI=1S/C31H29ClN8O14S4.CH4.3Na/c1-40(10-12-55-53-51-43)31-36-29(32)35-30(37-31)34-21-9-8-18-15-25(56-54-52-44)26(27(41)24(18)17-21)39-38-22-6-2-4-19(14-22)28(42)33-20-5-3-7-23(16-20)57(45,46)13-11-50-58(47,48)49;;;;/h2-9,14-17,41,43-44H,10-13H2,1H3,(H,33,42)(H,47,48,49)(H,34,35,36,37);1H4;;;/q;;3*+1/p-3. The van der Waals surface area contributed by atoms with E-state index in [4.69, 9.17) is 11.6 Å². The first-order chi connectivity index (χ1) is 27.7. The molecule has 1 amide bonds. The number of benzene rings is 4. The van der Waals surface area contributed by atoms with Gasteiger partial charge in [0.2, 0.25) is 27.6 Å². The predicted octanol–water partition coefficient (Wildman–Crippen LogP) is -4.77. The van der Waals surface area contributed by atoms with Crippen LogP contribution in [0.2, 0.25) is 5.28 Å². The molecule has 30 heteroatoms. The molecule has 0 spiro atoms. The quantitative estimate of drug-likeness (QED) is 0.00964. The third-order valence-electron chi connectivity index (χ3n) is 7.39. The number of sulfone groups is 1. The van der Waals surface area contributed by atoms with Crippen LogP contribution in [0.25, 0.3) is 10.8 Å². The van der Waals surface area contributed by atoms with Gasteiger partial charge >= 0.3 is 88.7 Å². The molecule has 0 aliphatic rings. The first-order valence-corrected chi connectivity index (χ1v) is 20.8. The molecule has 0 radical (unpaired) electrons. The van der Waals surface area contributed by atoms with Gasteiger partial charge in [-0.05, 0) is 71.6 Å². The summed E-state index contributed by atoms with van der Waals surface area (Å²) >= 11 is 7.38. The number of carbonyl (C=O) groups is 1. The summed E-state index contributed by atoms with van der Waals surface area (Å²) in [6.45, 7) is -0.543. The minimum atomic E-state index is -5.09. The molecule has 0 bridgehead atoms. The van der Waals surface area contributed by atoms with Crippen LogP contribution in [0, 0.1) is 0 Å². The minimum absolute atomic E-state index is 0. The number of nitrogens with one attached hydrogen (secondary N) is 2. The van der Waals surface area contributed by atoms with Crippen molar-refractivity contribution < 1.29 is 153 Å². The third kappa shape index (κ3) is 17.5. The number of phenolic OH excluding ortho intramolecular Hbond substituents is 1. The van der Waals surface area contributed by atoms with Gasteiger partial charge in [0.05, 0.1) is 39.9 Å². The van der Waals surface area contributed by atoms with Crippen LogP contribution in [0.1, 0.15) is 17.8 Å². The maximum Gasteiger partial charge on any atom is 1.00 e. The second-order valence-corrected chi connectivity index (χ2v) is 16.3. The molecule has 316 valence electrons. The molecule has 0 atom stereocenters. The Bertz CT molecular complexity index is 2540. The Balaban J connectivity index is 0.00000480. The minimum Gasteiger partial charge on any atom is -0.726 e. The van der Waals surface area contributed by atoms with Crippen LogP contribution in [0.5, 0.6) is 5.75 Å². The van der Waals surface area contributed by atoms with E-state index < -0.39 is 38.5 Å². The number of rotatable bonds is 20. The number of hydrogen-bond donors (Lipinski definition) is 3. The Morgan fingerprint density at radius 2 is 1.65 bits per heavy atom. The molecule has 1 heterocycles. The molecule has 0 fully saturated rings. The van der Waals surface area contributed by atoms with Gasteiger partial charge in [0, 0.05) is 53.7 Å². The number of aromatic hydroxyl groups is 1. The first kappa shape index (κ1) is 58.2. The largest absolute Gasteiger partial charge is 1.00 e. The Morgan fingerprint density at radius 1 is 0.919 bits per heavy atom. The topological polar surface area (TPSA) is 312 Å². The van der Waals surface area contributed by atoms with Crippen molar-refractivity contribution in [1.29, 1.82) is 0 Å². The van der Waals surface area contributed by atoms with E-state index in [2.05, 4.69) is 58.7 Å². The second kappa shape index (κ2) is 27.6. The summed E-state index contributed by atoms with van der Waals surface area (Å²) in [5.74, 6) is -1.28. The third-order valence-corrected chi connectivity index (χ3v) is 10.8. The predicted molar refractivity (Wildman–Crippen MR) is 209 cm³/mol. The monoisotopic (exact) mass is 982 g/mol. The summed E-state index contributed by atoms with van der Waals surface area (Å²) in [5.41, 5.74) is 0.552. The van der Waals surface area contributed by atoms with Crippen LogP contribution in [-0.2, 0) is 43.2 Å². The molecule has 4 aromatic carbocycles. The van der Waals surface area contributed by atoms with Crippen molar-refractivity contribution in [3.05, 3.63) is 83.6 Å². The Morgan fingerprint density at radius 3 is 2.35 bits per heavy atom. The van der Waals surface area contributed by atoms with Crippen molar-refractivity contribution in [3.8, 4) is 5.75 Å². The van der Waals surface area contributed by atoms with Crippen molar-refractivity contribution >= 4 is 107 Å². The van der Waals surface area contributed by atoms with Gasteiger partial charge in [-0.15, -0.1) is 5.11 Å². The zero-order chi connectivity index (χ0) is 41.9. The summed E-state index contributed by atoms with van der Waals surface area (Å²) < 4.78 is 70.0. The molecule has 5 rings (SSSR count). The molecular formula is C32H30ClN8Na3O14S4. The maximum absolute atomic E-state index is 13.1. The number of anilines is 4. The van der Waals surface area contributed by atoms with E-state index in [1.165, 1.54) is 42.5 Å². The number of azo groups is 1. The number of carbonyl (C=O) groups excluding carboxylic acids is 1. The fraction of sp³-hybridized carbons (Fsp3) is 0.188. The zero-order valence-corrected chi connectivity index (χ0v) is 42.2. The molecule has 0 unspecified atom stereocenters. The van der Waals surface area contributed by atoms with E-state index in [-0.39, 0.29) is 157 Å². The molecule has 0 saturated carbocycles. The van der Waals surface area contributed by atoms with Gasteiger partial charge in [0.15, 0.2) is 15.6 Å². The van der Waals surface area contributed by atoms with Gasteiger partial charge in [-0.1, -0.05) is 25.6 Å². The number of fused-ring (bicyclic) bond motifs is 1. The van der Waals surface area contributed by atoms with Crippen molar-refractivity contribution in [2.24, 2.45) is 10.2 Å². The number of aromatic nitrogens is 3. The number of halogens is 1. The zero-order valence-electron chi connectivity index (χ0n) is 32.2. The Kier molecular flexibility index (Phi) is 25.9. The SMILES string of the molecule is C.CN(CCSOO[O-])c1nc(Cl)nc(Nc2ccc3cc(SOO[O-])c(N=Nc4cccc(C(=O)Nc5cccc(S(=O)(=O)CCOS(=O)(=O)[O-])c5)c4)c(O)c3c2)n1.[Na+].[Na+].[Na+]. The van der Waals surface area contributed by atoms with E-state index in [0.717, 1.165) is 18.1 Å². The smallest absolute Gasteiger partial charge is 0.726 e. The summed E-state index contributed by atoms with van der Waals surface area (Å²) in [6, 6.07) is 17.3. The number of hydrogen-bond acceptors (Lipinski definition) is 23. The first-order valence-electron chi connectivity index (χ1n) is 15.8. The van der Waals surface area contributed by atoms with Gasteiger partial charge in [-0.25, -0.2) is 16.8 Å². The van der Waals surface area contributed by atoms with Crippen LogP contribution in [0.3, 0.4) is 0 Å². The molecule has 5 aromatic rings. The fourth-order valence-electron chi connectivity index (χ4n) is 4.80. The van der Waals surface area contributed by atoms with Gasteiger partial charge in [0.25, 0.3) is 5.91 Å². The van der Waals surface area contributed by atoms with E-state index in [1.54, 1.807) is 36.2 Å². The van der Waals surface area contributed by atoms with E-state index >= 15 is 0 Å². The Labute approximate surface area is 434 Å². The van der Waals surface area contributed by atoms with E-state index in [9.17, 15) is 41.8 Å². The molecular weight excluding hydrogens is 953 g/mol.